The van der Waals surface area contributed by atoms with Crippen molar-refractivity contribution in [1.82, 2.24) is 10.2 Å². The van der Waals surface area contributed by atoms with Crippen LogP contribution in [0.4, 0.5) is 0 Å². The number of aliphatic carboxylic acids is 1. The maximum Gasteiger partial charge on any atom is 0.317 e. The second kappa shape index (κ2) is 8.50. The van der Waals surface area contributed by atoms with Gasteiger partial charge in [-0.3, -0.25) is 4.79 Å². The number of likely N-dealkylation sites (tertiary alicyclic amines) is 1. The fourth-order valence-corrected chi connectivity index (χ4v) is 7.62. The van der Waals surface area contributed by atoms with E-state index in [-0.39, 0.29) is 30.5 Å². The highest BCUT2D eigenvalue weighted by molar-refractivity contribution is 5.69. The van der Waals surface area contributed by atoms with Crippen molar-refractivity contribution in [3.05, 3.63) is 59.2 Å². The quantitative estimate of drug-likeness (QED) is 0.503. The van der Waals surface area contributed by atoms with E-state index in [4.69, 9.17) is 9.47 Å². The van der Waals surface area contributed by atoms with E-state index in [1.54, 1.807) is 6.07 Å². The van der Waals surface area contributed by atoms with E-state index in [1.807, 2.05) is 12.1 Å². The first kappa shape index (κ1) is 22.8. The minimum atomic E-state index is -0.875. The van der Waals surface area contributed by atoms with Crippen molar-refractivity contribution in [1.29, 1.82) is 0 Å². The van der Waals surface area contributed by atoms with Gasteiger partial charge in [0.1, 0.15) is 6.10 Å². The van der Waals surface area contributed by atoms with Crippen molar-refractivity contribution in [2.75, 3.05) is 26.7 Å². The number of rotatable bonds is 8. The van der Waals surface area contributed by atoms with Crippen LogP contribution in [0.2, 0.25) is 0 Å². The average Bonchev–Trinajstić information content (AvgIpc) is 3.21. The Kier molecular flexibility index (Phi) is 5.55. The lowest BCUT2D eigenvalue weighted by atomic mass is 9.48. The molecule has 3 N–H and O–H groups in total. The van der Waals surface area contributed by atoms with E-state index < -0.39 is 17.0 Å². The summed E-state index contributed by atoms with van der Waals surface area (Å²) in [4.78, 5) is 13.8. The summed E-state index contributed by atoms with van der Waals surface area (Å²) in [6.45, 7) is 1.47. The Bertz CT molecular complexity index is 1120. The van der Waals surface area contributed by atoms with Crippen LogP contribution in [0.1, 0.15) is 42.4 Å². The molecule has 35 heavy (non-hydrogen) atoms. The third-order valence-corrected chi connectivity index (χ3v) is 9.02. The van der Waals surface area contributed by atoms with Gasteiger partial charge in [0.2, 0.25) is 0 Å². The largest absolute Gasteiger partial charge is 0.504 e. The fourth-order valence-electron chi connectivity index (χ4n) is 7.62. The van der Waals surface area contributed by atoms with Crippen molar-refractivity contribution >= 4 is 5.97 Å². The number of carboxylic acids is 1. The van der Waals surface area contributed by atoms with Crippen LogP contribution < -0.4 is 10.1 Å². The summed E-state index contributed by atoms with van der Waals surface area (Å²) in [6.07, 6.45) is 4.95. The molecule has 2 fully saturated rings. The predicted molar refractivity (Wildman–Crippen MR) is 131 cm³/mol. The highest BCUT2D eigenvalue weighted by atomic mass is 16.5. The van der Waals surface area contributed by atoms with Crippen LogP contribution in [0.25, 0.3) is 0 Å². The molecule has 7 nitrogen and oxygen atoms in total. The second-order valence-corrected chi connectivity index (χ2v) is 10.7. The van der Waals surface area contributed by atoms with Crippen molar-refractivity contribution in [3.8, 4) is 11.5 Å². The van der Waals surface area contributed by atoms with E-state index in [0.717, 1.165) is 50.6 Å². The van der Waals surface area contributed by atoms with E-state index in [9.17, 15) is 15.0 Å². The third-order valence-electron chi connectivity index (χ3n) is 9.02. The highest BCUT2D eigenvalue weighted by Gasteiger charge is 2.73. The molecule has 0 radical (unpaired) electrons. The number of aromatic hydroxyl groups is 1. The number of hydrogen-bond acceptors (Lipinski definition) is 6. The molecule has 186 valence electrons. The maximum atomic E-state index is 11.4. The first-order valence-corrected chi connectivity index (χ1v) is 12.8. The molecule has 6 rings (SSSR count). The zero-order valence-corrected chi connectivity index (χ0v) is 20.2. The molecule has 0 amide bonds. The second-order valence-electron chi connectivity index (χ2n) is 10.7. The lowest BCUT2D eigenvalue weighted by Crippen LogP contribution is -2.78. The van der Waals surface area contributed by atoms with Crippen LogP contribution in [0.15, 0.2) is 42.5 Å². The van der Waals surface area contributed by atoms with Gasteiger partial charge in [-0.15, -0.1) is 0 Å². The molecule has 2 bridgehead atoms. The van der Waals surface area contributed by atoms with Gasteiger partial charge in [0.15, 0.2) is 11.5 Å². The number of nitrogens with one attached hydrogen (secondary N) is 1. The van der Waals surface area contributed by atoms with Gasteiger partial charge in [-0.1, -0.05) is 36.4 Å². The minimum Gasteiger partial charge on any atom is -0.504 e. The molecule has 2 aromatic rings. The van der Waals surface area contributed by atoms with Gasteiger partial charge in [-0.05, 0) is 69.3 Å². The number of carboxylic acid groups (broad SMARTS) is 1. The number of nitrogens with zero attached hydrogens (tertiary/aromatic N) is 1. The summed E-state index contributed by atoms with van der Waals surface area (Å²) in [5, 5.41) is 23.4. The summed E-state index contributed by atoms with van der Waals surface area (Å²) in [7, 11) is 2.19. The Hall–Kier alpha value is -2.61. The van der Waals surface area contributed by atoms with Crippen LogP contribution in [0, 0.1) is 0 Å². The average molecular weight is 479 g/mol. The normalized spacial score (nSPS) is 32.7. The molecule has 1 spiro atoms. The molecule has 1 saturated heterocycles. The van der Waals surface area contributed by atoms with Crippen LogP contribution in [-0.4, -0.2) is 71.6 Å². The lowest BCUT2D eigenvalue weighted by Gasteiger charge is -2.65. The Morgan fingerprint density at radius 3 is 2.86 bits per heavy atom. The van der Waals surface area contributed by atoms with Crippen molar-refractivity contribution in [2.45, 2.75) is 67.7 Å². The first-order chi connectivity index (χ1) is 17.0. The molecule has 2 aliphatic heterocycles. The Balaban J connectivity index is 1.38. The van der Waals surface area contributed by atoms with Crippen LogP contribution in [0.3, 0.4) is 0 Å². The minimum absolute atomic E-state index is 0.107. The lowest BCUT2D eigenvalue weighted by molar-refractivity contribution is -0.217. The van der Waals surface area contributed by atoms with E-state index in [2.05, 4.69) is 41.5 Å². The van der Waals surface area contributed by atoms with Crippen LogP contribution >= 0.6 is 0 Å². The third kappa shape index (κ3) is 3.32. The molecule has 2 heterocycles. The van der Waals surface area contributed by atoms with Gasteiger partial charge in [-0.2, -0.15) is 0 Å². The van der Waals surface area contributed by atoms with Crippen LogP contribution in [-0.2, 0) is 27.8 Å². The van der Waals surface area contributed by atoms with Crippen molar-refractivity contribution in [2.24, 2.45) is 0 Å². The number of likely N-dealkylation sites (N-methyl/N-ethyl adjacent to an activating group) is 1. The summed E-state index contributed by atoms with van der Waals surface area (Å²) < 4.78 is 13.6. The summed E-state index contributed by atoms with van der Waals surface area (Å²) in [5.74, 6) is -0.128. The Morgan fingerprint density at radius 1 is 1.23 bits per heavy atom. The fraction of sp³-hybridized carbons (Fsp3) is 0.536. The monoisotopic (exact) mass is 478 g/mol. The van der Waals surface area contributed by atoms with Crippen molar-refractivity contribution in [3.63, 3.8) is 0 Å². The number of piperidine rings is 1. The van der Waals surface area contributed by atoms with E-state index in [0.29, 0.717) is 12.4 Å². The molecule has 7 heteroatoms. The van der Waals surface area contributed by atoms with Gasteiger partial charge in [0.25, 0.3) is 0 Å². The smallest absolute Gasteiger partial charge is 0.317 e. The predicted octanol–water partition coefficient (Wildman–Crippen LogP) is 2.88. The summed E-state index contributed by atoms with van der Waals surface area (Å²) >= 11 is 0. The summed E-state index contributed by atoms with van der Waals surface area (Å²) in [6, 6.07) is 14.4. The number of ether oxygens (including phenoxy) is 2. The molecule has 4 aliphatic rings. The molecular formula is C28H34N2O5. The van der Waals surface area contributed by atoms with Gasteiger partial charge in [-0.25, -0.2) is 0 Å². The Morgan fingerprint density at radius 2 is 2.06 bits per heavy atom. The van der Waals surface area contributed by atoms with E-state index in [1.165, 1.54) is 11.1 Å². The first-order valence-electron chi connectivity index (χ1n) is 12.8. The molecule has 1 saturated carbocycles. The highest BCUT2D eigenvalue weighted by Crippen LogP contribution is 2.66. The van der Waals surface area contributed by atoms with Crippen LogP contribution in [0.5, 0.6) is 11.5 Å². The number of phenols is 1. The standard InChI is InChI=1S/C28H34N2O5/c1-30-14-13-27-24-19-9-10-21(31)25(24)35-26(27)20(29-17-23(32)33)11-12-28(27,22(30)16-19)34-15-5-8-18-6-3-2-4-7-18/h2-4,6-7,9-10,20,22,26,29,31H,5,8,11-17H2,1H3,(H,32,33)/t20-,22+,26-,27-,28+/m0/s1. The number of carbonyl (C=O) groups is 1. The Labute approximate surface area is 206 Å². The summed E-state index contributed by atoms with van der Waals surface area (Å²) in [5.41, 5.74) is 2.80. The zero-order chi connectivity index (χ0) is 24.2. The number of hydrogen-bond donors (Lipinski definition) is 3. The zero-order valence-electron chi connectivity index (χ0n) is 20.2. The molecule has 5 atom stereocenters. The molecule has 0 aromatic heterocycles. The number of phenolic OH excluding ortho intramolecular Hbond substituents is 1. The van der Waals surface area contributed by atoms with Gasteiger partial charge in [0.05, 0.1) is 17.6 Å². The molecular weight excluding hydrogens is 444 g/mol. The SMILES string of the molecule is CN1CC[C@]23c4c5ccc(O)c4O[C@H]2[C@@H](NCC(=O)O)CC[C@@]3(OCCCc2ccccc2)[C@H]1C5. The molecule has 2 aliphatic carbocycles. The topological polar surface area (TPSA) is 91.3 Å². The molecule has 2 aromatic carbocycles. The maximum absolute atomic E-state index is 11.4. The molecule has 0 unspecified atom stereocenters. The number of aryl methyl sites for hydroxylation is 1. The van der Waals surface area contributed by atoms with Gasteiger partial charge < -0.3 is 29.9 Å². The van der Waals surface area contributed by atoms with Gasteiger partial charge in [0, 0.05) is 24.3 Å². The van der Waals surface area contributed by atoms with E-state index >= 15 is 0 Å². The van der Waals surface area contributed by atoms with Crippen molar-refractivity contribution < 1.29 is 24.5 Å². The van der Waals surface area contributed by atoms with Gasteiger partial charge >= 0.3 is 5.97 Å². The number of benzene rings is 2.